The van der Waals surface area contributed by atoms with Gasteiger partial charge in [-0.05, 0) is 122 Å². The Kier molecular flexibility index (Phi) is 8.20. The second kappa shape index (κ2) is 13.9. The normalized spacial score (nSPS) is 12.7. The SMILES string of the molecule is CC1(C)c2ccccc2-c2ccc(-c3cc(-c4ccc(-c5ccc(N(c6ccccc6)c6ccc(-c7ccccc7)cc6)cc5)cc4)cc4c3oc3ccccc34)cc21. The van der Waals surface area contributed by atoms with Gasteiger partial charge in [0.25, 0.3) is 0 Å². The summed E-state index contributed by atoms with van der Waals surface area (Å²) in [6, 6.07) is 76.7. The van der Waals surface area contributed by atoms with E-state index in [0.29, 0.717) is 0 Å². The highest BCUT2D eigenvalue weighted by molar-refractivity contribution is 6.11. The standard InChI is InChI=1S/C57H41NO/c1-57(2)53-19-11-9-17-48(53)49-34-29-43(37-54(49)57)51-35-44(36-52-50-18-10-12-20-55(50)59-56(51)52)42-23-21-39(22-24-42)41-27-32-47(33-28-41)58(45-15-7-4-8-16-45)46-30-25-40(26-31-46)38-13-5-3-6-14-38/h3-37H,1-2H3. The number of nitrogens with zero attached hydrogens (tertiary/aromatic N) is 1. The van der Waals surface area contributed by atoms with E-state index >= 15 is 0 Å². The zero-order chi connectivity index (χ0) is 39.5. The maximum absolute atomic E-state index is 6.64. The fraction of sp³-hybridized carbons (Fsp3) is 0.0526. The van der Waals surface area contributed by atoms with Crippen LogP contribution in [0.5, 0.6) is 0 Å². The van der Waals surface area contributed by atoms with Crippen molar-refractivity contribution in [3.63, 3.8) is 0 Å². The van der Waals surface area contributed by atoms with Gasteiger partial charge >= 0.3 is 0 Å². The summed E-state index contributed by atoms with van der Waals surface area (Å²) >= 11 is 0. The van der Waals surface area contributed by atoms with E-state index in [0.717, 1.165) is 44.6 Å². The van der Waals surface area contributed by atoms with Gasteiger partial charge in [-0.25, -0.2) is 0 Å². The molecule has 0 amide bonds. The third-order valence-corrected chi connectivity index (χ3v) is 12.3. The van der Waals surface area contributed by atoms with Gasteiger partial charge in [-0.3, -0.25) is 0 Å². The molecule has 0 aliphatic heterocycles. The van der Waals surface area contributed by atoms with Crippen LogP contribution < -0.4 is 4.90 Å². The first-order valence-electron chi connectivity index (χ1n) is 20.4. The van der Waals surface area contributed by atoms with Crippen molar-refractivity contribution in [2.24, 2.45) is 0 Å². The van der Waals surface area contributed by atoms with Crippen LogP contribution in [0, 0.1) is 0 Å². The topological polar surface area (TPSA) is 16.4 Å². The zero-order valence-corrected chi connectivity index (χ0v) is 33.1. The van der Waals surface area contributed by atoms with Gasteiger partial charge in [0.05, 0.1) is 0 Å². The Morgan fingerprint density at radius 2 is 0.831 bits per heavy atom. The molecule has 2 heteroatoms. The summed E-state index contributed by atoms with van der Waals surface area (Å²) in [5.74, 6) is 0. The number of hydrogen-bond acceptors (Lipinski definition) is 2. The molecule has 1 aromatic heterocycles. The lowest BCUT2D eigenvalue weighted by molar-refractivity contribution is 0.660. The molecule has 280 valence electrons. The van der Waals surface area contributed by atoms with Gasteiger partial charge in [0, 0.05) is 38.8 Å². The number of rotatable bonds is 7. The van der Waals surface area contributed by atoms with Gasteiger partial charge in [0.1, 0.15) is 11.2 Å². The van der Waals surface area contributed by atoms with Gasteiger partial charge in [-0.2, -0.15) is 0 Å². The fourth-order valence-electron chi connectivity index (χ4n) is 9.20. The Bertz CT molecular complexity index is 3140. The molecule has 1 aliphatic rings. The monoisotopic (exact) mass is 755 g/mol. The smallest absolute Gasteiger partial charge is 0.143 e. The second-order valence-corrected chi connectivity index (χ2v) is 16.1. The van der Waals surface area contributed by atoms with E-state index in [2.05, 4.69) is 225 Å². The minimum atomic E-state index is -0.0887. The van der Waals surface area contributed by atoms with Crippen LogP contribution >= 0.6 is 0 Å². The summed E-state index contributed by atoms with van der Waals surface area (Å²) in [4.78, 5) is 2.32. The van der Waals surface area contributed by atoms with Crippen LogP contribution in [0.3, 0.4) is 0 Å². The van der Waals surface area contributed by atoms with Crippen molar-refractivity contribution in [1.82, 2.24) is 0 Å². The second-order valence-electron chi connectivity index (χ2n) is 16.1. The Labute approximate surface area is 345 Å². The summed E-state index contributed by atoms with van der Waals surface area (Å²) in [5.41, 5.74) is 19.9. The number of hydrogen-bond donors (Lipinski definition) is 0. The zero-order valence-electron chi connectivity index (χ0n) is 33.1. The van der Waals surface area contributed by atoms with Crippen molar-refractivity contribution in [3.8, 4) is 55.6 Å². The maximum Gasteiger partial charge on any atom is 0.143 e. The summed E-state index contributed by atoms with van der Waals surface area (Å²) in [6.07, 6.45) is 0. The van der Waals surface area contributed by atoms with Crippen LogP contribution in [0.1, 0.15) is 25.0 Å². The highest BCUT2D eigenvalue weighted by Gasteiger charge is 2.35. The van der Waals surface area contributed by atoms with Crippen molar-refractivity contribution in [2.75, 3.05) is 4.90 Å². The molecule has 9 aromatic carbocycles. The molecule has 2 nitrogen and oxygen atoms in total. The molecule has 0 bridgehead atoms. The van der Waals surface area contributed by atoms with Gasteiger partial charge in [0.2, 0.25) is 0 Å². The van der Waals surface area contributed by atoms with Crippen LogP contribution in [-0.2, 0) is 5.41 Å². The number of anilines is 3. The Morgan fingerprint density at radius 3 is 1.51 bits per heavy atom. The molecule has 0 spiro atoms. The average molecular weight is 756 g/mol. The van der Waals surface area contributed by atoms with Gasteiger partial charge < -0.3 is 9.32 Å². The van der Waals surface area contributed by atoms with E-state index in [1.165, 1.54) is 61.2 Å². The molecule has 0 saturated carbocycles. The molecular formula is C57H41NO. The van der Waals surface area contributed by atoms with E-state index in [-0.39, 0.29) is 5.41 Å². The molecule has 0 saturated heterocycles. The van der Waals surface area contributed by atoms with Crippen molar-refractivity contribution >= 4 is 39.0 Å². The largest absolute Gasteiger partial charge is 0.455 e. The predicted molar refractivity (Wildman–Crippen MR) is 248 cm³/mol. The molecule has 0 atom stereocenters. The lowest BCUT2D eigenvalue weighted by Crippen LogP contribution is -2.14. The number of para-hydroxylation sites is 2. The number of benzene rings is 9. The van der Waals surface area contributed by atoms with Crippen molar-refractivity contribution in [2.45, 2.75) is 19.3 Å². The van der Waals surface area contributed by atoms with E-state index < -0.39 is 0 Å². The summed E-state index contributed by atoms with van der Waals surface area (Å²) in [6.45, 7) is 4.68. The van der Waals surface area contributed by atoms with Crippen molar-refractivity contribution < 1.29 is 4.42 Å². The minimum absolute atomic E-state index is 0.0887. The minimum Gasteiger partial charge on any atom is -0.455 e. The third-order valence-electron chi connectivity index (χ3n) is 12.3. The van der Waals surface area contributed by atoms with Crippen molar-refractivity contribution in [3.05, 3.63) is 223 Å². The number of furan rings is 1. The summed E-state index contributed by atoms with van der Waals surface area (Å²) in [5, 5.41) is 2.27. The quantitative estimate of drug-likeness (QED) is 0.161. The molecule has 10 aromatic rings. The maximum atomic E-state index is 6.64. The molecule has 1 aliphatic carbocycles. The molecule has 0 fully saturated rings. The van der Waals surface area contributed by atoms with E-state index in [1.54, 1.807) is 0 Å². The molecule has 0 radical (unpaired) electrons. The van der Waals surface area contributed by atoms with E-state index in [4.69, 9.17) is 4.42 Å². The average Bonchev–Trinajstić information content (AvgIpc) is 3.79. The van der Waals surface area contributed by atoms with E-state index in [1.807, 2.05) is 6.07 Å². The lowest BCUT2D eigenvalue weighted by Gasteiger charge is -2.26. The predicted octanol–water partition coefficient (Wildman–Crippen LogP) is 16.0. The fourth-order valence-corrected chi connectivity index (χ4v) is 9.20. The first-order chi connectivity index (χ1) is 29.0. The highest BCUT2D eigenvalue weighted by atomic mass is 16.3. The first-order valence-corrected chi connectivity index (χ1v) is 20.4. The third kappa shape index (κ3) is 5.96. The van der Waals surface area contributed by atoms with Gasteiger partial charge in [-0.15, -0.1) is 0 Å². The molecular weight excluding hydrogens is 715 g/mol. The van der Waals surface area contributed by atoms with Crippen LogP contribution in [0.15, 0.2) is 217 Å². The van der Waals surface area contributed by atoms with Crippen LogP contribution in [0.2, 0.25) is 0 Å². The molecule has 0 N–H and O–H groups in total. The lowest BCUT2D eigenvalue weighted by atomic mass is 9.81. The Hall–Kier alpha value is -7.42. The molecule has 11 rings (SSSR count). The first kappa shape index (κ1) is 34.8. The highest BCUT2D eigenvalue weighted by Crippen LogP contribution is 2.50. The van der Waals surface area contributed by atoms with E-state index in [9.17, 15) is 0 Å². The van der Waals surface area contributed by atoms with Gasteiger partial charge in [-0.1, -0.05) is 166 Å². The van der Waals surface area contributed by atoms with Crippen LogP contribution in [0.25, 0.3) is 77.6 Å². The summed E-state index contributed by atoms with van der Waals surface area (Å²) in [7, 11) is 0. The Balaban J connectivity index is 0.938. The summed E-state index contributed by atoms with van der Waals surface area (Å²) < 4.78 is 6.64. The molecule has 0 unspecified atom stereocenters. The molecule has 1 heterocycles. The Morgan fingerprint density at radius 1 is 0.339 bits per heavy atom. The van der Waals surface area contributed by atoms with Crippen LogP contribution in [-0.4, -0.2) is 0 Å². The van der Waals surface area contributed by atoms with Crippen molar-refractivity contribution in [1.29, 1.82) is 0 Å². The van der Waals surface area contributed by atoms with Gasteiger partial charge in [0.15, 0.2) is 0 Å². The van der Waals surface area contributed by atoms with Crippen LogP contribution in [0.4, 0.5) is 17.1 Å². The molecule has 59 heavy (non-hydrogen) atoms. The number of fused-ring (bicyclic) bond motifs is 6.